The summed E-state index contributed by atoms with van der Waals surface area (Å²) in [5.74, 6) is -1.04. The summed E-state index contributed by atoms with van der Waals surface area (Å²) in [6.45, 7) is 1.64. The van der Waals surface area contributed by atoms with Gasteiger partial charge in [0.1, 0.15) is 10.9 Å². The van der Waals surface area contributed by atoms with Gasteiger partial charge in [-0.1, -0.05) is 12.2 Å². The number of hydrogen-bond acceptors (Lipinski definition) is 5. The van der Waals surface area contributed by atoms with E-state index in [-0.39, 0.29) is 17.5 Å². The molecule has 5 nitrogen and oxygen atoms in total. The van der Waals surface area contributed by atoms with Crippen LogP contribution in [0.25, 0.3) is 0 Å². The lowest BCUT2D eigenvalue weighted by Crippen LogP contribution is -2.26. The molecule has 0 saturated carbocycles. The smallest absolute Gasteiger partial charge is 0.374 e. The largest absolute Gasteiger partial charge is 0.480 e. The van der Waals surface area contributed by atoms with Gasteiger partial charge in [-0.3, -0.25) is 4.79 Å². The number of carbonyl (C=O) groups is 2. The fourth-order valence-electron chi connectivity index (χ4n) is 0.407. The highest BCUT2D eigenvalue weighted by Crippen LogP contribution is 2.05. The normalized spacial score (nSPS) is 9.00. The Morgan fingerprint density at radius 3 is 2.69 bits per heavy atom. The lowest BCUT2D eigenvalue weighted by atomic mass is 10.7. The van der Waals surface area contributed by atoms with Crippen molar-refractivity contribution >= 4 is 39.6 Å². The predicted molar refractivity (Wildman–Crippen MR) is 52.8 cm³/mol. The van der Waals surface area contributed by atoms with Gasteiger partial charge in [-0.25, -0.2) is 4.79 Å². The van der Waals surface area contributed by atoms with Crippen molar-refractivity contribution in [1.29, 1.82) is 0 Å². The van der Waals surface area contributed by atoms with Gasteiger partial charge in [0.2, 0.25) is 0 Å². The molecule has 0 atom stereocenters. The number of rotatable bonds is 3. The number of ether oxygens (including phenoxy) is 1. The molecule has 0 radical (unpaired) electrons. The van der Waals surface area contributed by atoms with E-state index in [0.717, 1.165) is 0 Å². The van der Waals surface area contributed by atoms with Crippen LogP contribution in [0.15, 0.2) is 0 Å². The van der Waals surface area contributed by atoms with Crippen molar-refractivity contribution in [3.8, 4) is 0 Å². The maximum absolute atomic E-state index is 10.8. The third kappa shape index (κ3) is 7.54. The SMILES string of the molecule is CCOC(=O)SC(=S)NCC(=O)O. The molecule has 0 saturated heterocycles. The standard InChI is InChI=1S/C6H9NO4S2/c1-2-11-6(10)13-5(12)7-3-4(8)9/h2-3H2,1H3,(H,7,12)(H,8,9). The summed E-state index contributed by atoms with van der Waals surface area (Å²) >= 11 is 5.31. The molecule has 0 heterocycles. The molecule has 0 unspecified atom stereocenters. The molecular weight excluding hydrogens is 214 g/mol. The monoisotopic (exact) mass is 223 g/mol. The summed E-state index contributed by atoms with van der Waals surface area (Å²) in [6, 6.07) is 0. The molecule has 13 heavy (non-hydrogen) atoms. The Kier molecular flexibility index (Phi) is 6.25. The minimum absolute atomic E-state index is 0.0980. The van der Waals surface area contributed by atoms with Gasteiger partial charge in [-0.15, -0.1) is 0 Å². The predicted octanol–water partition coefficient (Wildman–Crippen LogP) is 0.835. The quantitative estimate of drug-likeness (QED) is 0.542. The fraction of sp³-hybridized carbons (Fsp3) is 0.500. The van der Waals surface area contributed by atoms with Crippen LogP contribution in [-0.4, -0.2) is 33.8 Å². The van der Waals surface area contributed by atoms with Gasteiger partial charge in [0.15, 0.2) is 0 Å². The number of carboxylic acids is 1. The summed E-state index contributed by atoms with van der Waals surface area (Å²) < 4.78 is 4.67. The zero-order chi connectivity index (χ0) is 10.3. The molecule has 0 rings (SSSR count). The number of carboxylic acid groups (broad SMARTS) is 1. The topological polar surface area (TPSA) is 75.6 Å². The Morgan fingerprint density at radius 1 is 1.62 bits per heavy atom. The molecule has 0 aliphatic carbocycles. The molecule has 0 fully saturated rings. The Labute approximate surface area is 84.8 Å². The van der Waals surface area contributed by atoms with Crippen LogP contribution in [-0.2, 0) is 9.53 Å². The van der Waals surface area contributed by atoms with E-state index >= 15 is 0 Å². The second kappa shape index (κ2) is 6.67. The molecule has 2 N–H and O–H groups in total. The van der Waals surface area contributed by atoms with Crippen LogP contribution >= 0.6 is 24.0 Å². The van der Waals surface area contributed by atoms with Crippen LogP contribution in [0.2, 0.25) is 0 Å². The third-order valence-corrected chi connectivity index (χ3v) is 1.83. The average molecular weight is 223 g/mol. The summed E-state index contributed by atoms with van der Waals surface area (Å²) in [4.78, 5) is 20.8. The number of nitrogens with one attached hydrogen (secondary N) is 1. The highest BCUT2D eigenvalue weighted by molar-refractivity contribution is 8.32. The lowest BCUT2D eigenvalue weighted by Gasteiger charge is -2.03. The Bertz CT molecular complexity index is 219. The summed E-state index contributed by atoms with van der Waals surface area (Å²) in [7, 11) is 0. The molecule has 0 aliphatic rings. The van der Waals surface area contributed by atoms with Gasteiger partial charge >= 0.3 is 11.3 Å². The summed E-state index contributed by atoms with van der Waals surface area (Å²) in [6.07, 6.45) is 0. The molecule has 0 bridgehead atoms. The molecule has 0 aromatic heterocycles. The zero-order valence-electron chi connectivity index (χ0n) is 6.90. The van der Waals surface area contributed by atoms with Crippen molar-refractivity contribution in [2.75, 3.05) is 13.2 Å². The van der Waals surface area contributed by atoms with E-state index in [0.29, 0.717) is 11.8 Å². The van der Waals surface area contributed by atoms with Crippen molar-refractivity contribution in [2.45, 2.75) is 6.92 Å². The molecule has 0 aromatic carbocycles. The number of carbonyl (C=O) groups excluding carboxylic acids is 1. The second-order valence-electron chi connectivity index (χ2n) is 1.82. The van der Waals surface area contributed by atoms with Crippen LogP contribution in [0.4, 0.5) is 4.79 Å². The summed E-state index contributed by atoms with van der Waals surface area (Å²) in [5.41, 5.74) is 0. The van der Waals surface area contributed by atoms with E-state index in [1.165, 1.54) is 0 Å². The van der Waals surface area contributed by atoms with E-state index in [1.54, 1.807) is 6.92 Å². The van der Waals surface area contributed by atoms with Crippen LogP contribution in [0, 0.1) is 0 Å². The van der Waals surface area contributed by atoms with Crippen molar-refractivity contribution in [2.24, 2.45) is 0 Å². The molecule has 0 spiro atoms. The van der Waals surface area contributed by atoms with Gasteiger partial charge in [0, 0.05) is 11.8 Å². The molecular formula is C6H9NO4S2. The van der Waals surface area contributed by atoms with Gasteiger partial charge < -0.3 is 15.2 Å². The van der Waals surface area contributed by atoms with Crippen LogP contribution < -0.4 is 5.32 Å². The van der Waals surface area contributed by atoms with Crippen LogP contribution in [0.3, 0.4) is 0 Å². The van der Waals surface area contributed by atoms with Crippen molar-refractivity contribution in [1.82, 2.24) is 5.32 Å². The fourth-order valence-corrected chi connectivity index (χ4v) is 1.16. The minimum Gasteiger partial charge on any atom is -0.480 e. The first kappa shape index (κ1) is 12.2. The van der Waals surface area contributed by atoms with Gasteiger partial charge in [0.05, 0.1) is 6.61 Å². The third-order valence-electron chi connectivity index (χ3n) is 0.822. The highest BCUT2D eigenvalue weighted by atomic mass is 32.2. The minimum atomic E-state index is -1.04. The van der Waals surface area contributed by atoms with Crippen LogP contribution in [0.1, 0.15) is 6.92 Å². The molecule has 0 amide bonds. The van der Waals surface area contributed by atoms with Crippen LogP contribution in [0.5, 0.6) is 0 Å². The highest BCUT2D eigenvalue weighted by Gasteiger charge is 2.07. The van der Waals surface area contributed by atoms with E-state index in [2.05, 4.69) is 22.3 Å². The number of thiocarbonyl (C=S) groups is 1. The number of thioether (sulfide) groups is 1. The van der Waals surface area contributed by atoms with E-state index < -0.39 is 11.3 Å². The maximum atomic E-state index is 10.8. The maximum Gasteiger partial charge on any atom is 0.374 e. The van der Waals surface area contributed by atoms with E-state index in [4.69, 9.17) is 5.11 Å². The molecule has 74 valence electrons. The lowest BCUT2D eigenvalue weighted by molar-refractivity contribution is -0.135. The van der Waals surface area contributed by atoms with Crippen molar-refractivity contribution in [3.63, 3.8) is 0 Å². The Hall–Kier alpha value is -0.820. The number of hydrogen-bond donors (Lipinski definition) is 2. The van der Waals surface area contributed by atoms with Gasteiger partial charge in [-0.2, -0.15) is 0 Å². The molecule has 0 aliphatic heterocycles. The van der Waals surface area contributed by atoms with Gasteiger partial charge in [0.25, 0.3) is 0 Å². The Morgan fingerprint density at radius 2 is 2.23 bits per heavy atom. The summed E-state index contributed by atoms with van der Waals surface area (Å²) in [5, 5.41) is 10.1. The van der Waals surface area contributed by atoms with Crippen molar-refractivity contribution < 1.29 is 19.4 Å². The second-order valence-corrected chi connectivity index (χ2v) is 3.43. The Balaban J connectivity index is 3.62. The van der Waals surface area contributed by atoms with E-state index in [1.807, 2.05) is 0 Å². The first-order valence-electron chi connectivity index (χ1n) is 3.40. The molecule has 0 aromatic rings. The zero-order valence-corrected chi connectivity index (χ0v) is 8.54. The number of aliphatic carboxylic acids is 1. The van der Waals surface area contributed by atoms with E-state index in [9.17, 15) is 9.59 Å². The molecule has 7 heteroatoms. The first-order valence-corrected chi connectivity index (χ1v) is 4.63. The van der Waals surface area contributed by atoms with Crippen molar-refractivity contribution in [3.05, 3.63) is 0 Å². The first-order chi connectivity index (χ1) is 6.06. The average Bonchev–Trinajstić information content (AvgIpc) is 2.01. The van der Waals surface area contributed by atoms with Gasteiger partial charge in [-0.05, 0) is 6.92 Å².